The van der Waals surface area contributed by atoms with Crippen LogP contribution in [0.1, 0.15) is 49.5 Å². The summed E-state index contributed by atoms with van der Waals surface area (Å²) in [6, 6.07) is -1.47. The first-order valence-electron chi connectivity index (χ1n) is 7.51. The molecule has 122 valence electrons. The fourth-order valence-corrected chi connectivity index (χ4v) is 3.42. The summed E-state index contributed by atoms with van der Waals surface area (Å²) in [5.74, 6) is -0.0565. The molecule has 1 amide bonds. The molecule has 1 N–H and O–H groups in total. The molecule has 0 saturated carbocycles. The molecule has 0 aliphatic carbocycles. The fraction of sp³-hybridized carbons (Fsp3) is 0.714. The third-order valence-electron chi connectivity index (χ3n) is 4.60. The average molecular weight is 316 g/mol. The summed E-state index contributed by atoms with van der Waals surface area (Å²) in [6.45, 7) is 4.11. The lowest BCUT2D eigenvalue weighted by Gasteiger charge is -2.29. The van der Waals surface area contributed by atoms with Gasteiger partial charge in [-0.2, -0.15) is 18.3 Å². The van der Waals surface area contributed by atoms with Crippen LogP contribution >= 0.6 is 0 Å². The van der Waals surface area contributed by atoms with Gasteiger partial charge < -0.3 is 10.2 Å². The van der Waals surface area contributed by atoms with Gasteiger partial charge in [-0.25, -0.2) is 4.68 Å². The van der Waals surface area contributed by atoms with E-state index in [1.807, 2.05) is 13.8 Å². The number of anilines is 1. The van der Waals surface area contributed by atoms with Crippen LogP contribution in [-0.4, -0.2) is 45.4 Å². The lowest BCUT2D eigenvalue weighted by molar-refractivity contribution is -0.171. The van der Waals surface area contributed by atoms with Crippen molar-refractivity contribution >= 4 is 11.7 Å². The van der Waals surface area contributed by atoms with E-state index >= 15 is 0 Å². The van der Waals surface area contributed by atoms with Gasteiger partial charge in [-0.1, -0.05) is 0 Å². The maximum Gasteiger partial charge on any atom is 0.410 e. The third-order valence-corrected chi connectivity index (χ3v) is 4.60. The lowest BCUT2D eigenvalue weighted by atomic mass is 10.1. The smallest absolute Gasteiger partial charge is 0.370 e. The molecule has 3 rings (SSSR count). The minimum Gasteiger partial charge on any atom is -0.370 e. The van der Waals surface area contributed by atoms with Gasteiger partial charge in [0.15, 0.2) is 6.04 Å². The maximum atomic E-state index is 13.1. The Morgan fingerprint density at radius 1 is 1.27 bits per heavy atom. The molecule has 3 unspecified atom stereocenters. The highest BCUT2D eigenvalue weighted by atomic mass is 19.4. The number of halogens is 3. The molecule has 3 heterocycles. The molecule has 0 bridgehead atoms. The van der Waals surface area contributed by atoms with Crippen LogP contribution in [0.25, 0.3) is 0 Å². The molecule has 1 aromatic rings. The van der Waals surface area contributed by atoms with Gasteiger partial charge in [0.2, 0.25) is 0 Å². The Bertz CT molecular complexity index is 573. The minimum absolute atomic E-state index is 0.0810. The van der Waals surface area contributed by atoms with Gasteiger partial charge in [0.05, 0.1) is 6.20 Å². The van der Waals surface area contributed by atoms with Crippen molar-refractivity contribution in [3.63, 3.8) is 0 Å². The minimum atomic E-state index is -4.36. The number of carbonyl (C=O) groups excluding carboxylic acids is 1. The number of hydrogen-bond acceptors (Lipinski definition) is 3. The van der Waals surface area contributed by atoms with E-state index < -0.39 is 12.2 Å². The van der Waals surface area contributed by atoms with E-state index in [1.165, 1.54) is 6.20 Å². The topological polar surface area (TPSA) is 50.2 Å². The number of hydrogen-bond donors (Lipinski definition) is 1. The van der Waals surface area contributed by atoms with E-state index in [2.05, 4.69) is 10.4 Å². The summed E-state index contributed by atoms with van der Waals surface area (Å²) >= 11 is 0. The highest BCUT2D eigenvalue weighted by molar-refractivity contribution is 5.99. The molecule has 5 nitrogen and oxygen atoms in total. The molecule has 1 aromatic heterocycles. The predicted molar refractivity (Wildman–Crippen MR) is 74.8 cm³/mol. The number of amides is 1. The highest BCUT2D eigenvalue weighted by Gasteiger charge is 2.45. The zero-order chi connectivity index (χ0) is 16.1. The number of likely N-dealkylation sites (tertiary alicyclic amines) is 1. The molecule has 8 heteroatoms. The number of nitrogens with zero attached hydrogens (tertiary/aromatic N) is 3. The Balaban J connectivity index is 1.94. The Hall–Kier alpha value is -1.73. The van der Waals surface area contributed by atoms with Crippen molar-refractivity contribution in [2.24, 2.45) is 0 Å². The molecule has 2 aliphatic rings. The Kier molecular flexibility index (Phi) is 3.57. The fourth-order valence-electron chi connectivity index (χ4n) is 3.42. The first kappa shape index (κ1) is 15.2. The predicted octanol–water partition coefficient (Wildman–Crippen LogP) is 2.82. The van der Waals surface area contributed by atoms with Gasteiger partial charge in [-0.3, -0.25) is 4.79 Å². The van der Waals surface area contributed by atoms with Gasteiger partial charge in [0, 0.05) is 18.6 Å². The van der Waals surface area contributed by atoms with Crippen LogP contribution in [0.15, 0.2) is 6.20 Å². The normalized spacial score (nSPS) is 28.4. The van der Waals surface area contributed by atoms with E-state index in [-0.39, 0.29) is 42.3 Å². The van der Waals surface area contributed by atoms with E-state index in [1.54, 1.807) is 4.90 Å². The molecule has 0 radical (unpaired) electrons. The second kappa shape index (κ2) is 5.17. The number of alkyl halides is 3. The molecule has 2 aliphatic heterocycles. The summed E-state index contributed by atoms with van der Waals surface area (Å²) < 4.78 is 40.1. The Morgan fingerprint density at radius 3 is 2.50 bits per heavy atom. The van der Waals surface area contributed by atoms with Crippen molar-refractivity contribution in [3.8, 4) is 0 Å². The van der Waals surface area contributed by atoms with Crippen LogP contribution in [-0.2, 0) is 0 Å². The second-order valence-electron chi connectivity index (χ2n) is 6.11. The SMILES string of the molecule is CC1CCC(C)N1C(=O)c1cnn2c1NCCC2C(F)(F)F. The van der Waals surface area contributed by atoms with Gasteiger partial charge in [-0.15, -0.1) is 0 Å². The van der Waals surface area contributed by atoms with Crippen molar-refractivity contribution in [2.45, 2.75) is 57.4 Å². The van der Waals surface area contributed by atoms with Crippen LogP contribution in [0, 0.1) is 0 Å². The number of aromatic nitrogens is 2. The summed E-state index contributed by atoms with van der Waals surface area (Å²) in [4.78, 5) is 14.5. The maximum absolute atomic E-state index is 13.1. The first-order valence-corrected chi connectivity index (χ1v) is 7.51. The third kappa shape index (κ3) is 2.34. The quantitative estimate of drug-likeness (QED) is 0.867. The van der Waals surface area contributed by atoms with E-state index in [4.69, 9.17) is 0 Å². The van der Waals surface area contributed by atoms with Gasteiger partial charge in [-0.05, 0) is 33.1 Å². The summed E-state index contributed by atoms with van der Waals surface area (Å²) in [6.07, 6.45) is -1.36. The molecular formula is C14H19F3N4O. The van der Waals surface area contributed by atoms with E-state index in [0.29, 0.717) is 0 Å². The average Bonchev–Trinajstić information content (AvgIpc) is 3.00. The Labute approximate surface area is 126 Å². The van der Waals surface area contributed by atoms with Crippen LogP contribution in [0.3, 0.4) is 0 Å². The highest BCUT2D eigenvalue weighted by Crippen LogP contribution is 2.39. The Morgan fingerprint density at radius 2 is 1.91 bits per heavy atom. The van der Waals surface area contributed by atoms with Crippen LogP contribution < -0.4 is 5.32 Å². The van der Waals surface area contributed by atoms with Crippen molar-refractivity contribution < 1.29 is 18.0 Å². The molecule has 0 spiro atoms. The number of nitrogens with one attached hydrogen (secondary N) is 1. The van der Waals surface area contributed by atoms with Gasteiger partial charge in [0.1, 0.15) is 11.4 Å². The molecule has 22 heavy (non-hydrogen) atoms. The van der Waals surface area contributed by atoms with Crippen molar-refractivity contribution in [1.82, 2.24) is 14.7 Å². The number of fused-ring (bicyclic) bond motifs is 1. The number of carbonyl (C=O) groups is 1. The van der Waals surface area contributed by atoms with Crippen LogP contribution in [0.2, 0.25) is 0 Å². The largest absolute Gasteiger partial charge is 0.410 e. The molecule has 3 atom stereocenters. The zero-order valence-corrected chi connectivity index (χ0v) is 12.5. The van der Waals surface area contributed by atoms with Crippen molar-refractivity contribution in [2.75, 3.05) is 11.9 Å². The summed E-state index contributed by atoms with van der Waals surface area (Å²) in [5.41, 5.74) is 0.231. The van der Waals surface area contributed by atoms with Crippen molar-refractivity contribution in [3.05, 3.63) is 11.8 Å². The molecule has 0 aromatic carbocycles. The van der Waals surface area contributed by atoms with E-state index in [0.717, 1.165) is 17.5 Å². The van der Waals surface area contributed by atoms with Crippen LogP contribution in [0.4, 0.5) is 19.0 Å². The second-order valence-corrected chi connectivity index (χ2v) is 6.11. The van der Waals surface area contributed by atoms with E-state index in [9.17, 15) is 18.0 Å². The van der Waals surface area contributed by atoms with Crippen LogP contribution in [0.5, 0.6) is 0 Å². The summed E-state index contributed by atoms with van der Waals surface area (Å²) in [7, 11) is 0. The molecule has 1 fully saturated rings. The standard InChI is InChI=1S/C14H19F3N4O/c1-8-3-4-9(2)20(8)13(22)10-7-19-21-11(14(15,16)17)5-6-18-12(10)21/h7-9,11,18H,3-6H2,1-2H3. The van der Waals surface area contributed by atoms with Gasteiger partial charge in [0.25, 0.3) is 5.91 Å². The zero-order valence-electron chi connectivity index (χ0n) is 12.5. The number of rotatable bonds is 1. The van der Waals surface area contributed by atoms with Gasteiger partial charge >= 0.3 is 6.18 Å². The molecule has 1 saturated heterocycles. The van der Waals surface area contributed by atoms with Crippen molar-refractivity contribution in [1.29, 1.82) is 0 Å². The lowest BCUT2D eigenvalue weighted by Crippen LogP contribution is -2.39. The first-order chi connectivity index (χ1) is 10.3. The monoisotopic (exact) mass is 316 g/mol. The molecular weight excluding hydrogens is 297 g/mol. The summed E-state index contributed by atoms with van der Waals surface area (Å²) in [5, 5.41) is 6.73.